The number of rotatable bonds is 4. The van der Waals surface area contributed by atoms with Gasteiger partial charge in [-0.2, -0.15) is 0 Å². The zero-order valence-electron chi connectivity index (χ0n) is 19.0. The van der Waals surface area contributed by atoms with Gasteiger partial charge in [0, 0.05) is 24.5 Å². The van der Waals surface area contributed by atoms with Crippen molar-refractivity contribution in [3.63, 3.8) is 0 Å². The van der Waals surface area contributed by atoms with E-state index in [0.717, 1.165) is 27.5 Å². The highest BCUT2D eigenvalue weighted by atomic mass is 16.3. The molecule has 0 spiro atoms. The lowest BCUT2D eigenvalue weighted by Gasteiger charge is -2.26. The van der Waals surface area contributed by atoms with Crippen LogP contribution in [0.5, 0.6) is 0 Å². The van der Waals surface area contributed by atoms with Crippen LogP contribution in [0.3, 0.4) is 0 Å². The minimum Gasteiger partial charge on any atom is -0.507 e. The van der Waals surface area contributed by atoms with E-state index in [1.807, 2.05) is 74.5 Å². The molecule has 1 atom stereocenters. The molecular formula is C29H24N2O3. The number of amides is 1. The first-order valence-corrected chi connectivity index (χ1v) is 11.2. The second kappa shape index (κ2) is 8.60. The number of pyridine rings is 1. The fourth-order valence-corrected chi connectivity index (χ4v) is 4.66. The molecule has 1 saturated heterocycles. The number of aliphatic hydroxyl groups is 1. The number of ketones is 1. The molecule has 0 aliphatic carbocycles. The van der Waals surface area contributed by atoms with E-state index in [0.29, 0.717) is 11.1 Å². The molecule has 1 aliphatic heterocycles. The van der Waals surface area contributed by atoms with Crippen molar-refractivity contribution in [2.24, 2.45) is 0 Å². The molecule has 5 nitrogen and oxygen atoms in total. The van der Waals surface area contributed by atoms with Crippen molar-refractivity contribution in [3.05, 3.63) is 119 Å². The Kier molecular flexibility index (Phi) is 5.46. The molecule has 34 heavy (non-hydrogen) atoms. The van der Waals surface area contributed by atoms with E-state index in [1.165, 1.54) is 4.90 Å². The molecule has 0 radical (unpaired) electrons. The highest BCUT2D eigenvalue weighted by molar-refractivity contribution is 6.46. The number of Topliss-reactive ketones (excluding diaryl/α,β-unsaturated/α-hetero) is 1. The third kappa shape index (κ3) is 3.65. The van der Waals surface area contributed by atoms with Crippen LogP contribution in [-0.4, -0.2) is 26.7 Å². The molecule has 0 bridgehead atoms. The number of likely N-dealkylation sites (tertiary alicyclic amines) is 1. The van der Waals surface area contributed by atoms with Crippen molar-refractivity contribution in [1.82, 2.24) is 9.88 Å². The van der Waals surface area contributed by atoms with Crippen LogP contribution in [-0.2, 0) is 16.1 Å². The molecule has 1 unspecified atom stereocenters. The van der Waals surface area contributed by atoms with Gasteiger partial charge >= 0.3 is 0 Å². The lowest BCUT2D eigenvalue weighted by molar-refractivity contribution is -0.140. The number of aliphatic hydroxyl groups excluding tert-OH is 1. The molecule has 0 saturated carbocycles. The highest BCUT2D eigenvalue weighted by Crippen LogP contribution is 2.41. The molecule has 1 N–H and O–H groups in total. The minimum atomic E-state index is -0.743. The Bertz CT molecular complexity index is 1450. The largest absolute Gasteiger partial charge is 0.507 e. The molecule has 1 aliphatic rings. The quantitative estimate of drug-likeness (QED) is 0.255. The predicted octanol–water partition coefficient (Wildman–Crippen LogP) is 5.47. The van der Waals surface area contributed by atoms with Gasteiger partial charge in [-0.15, -0.1) is 0 Å². The Labute approximate surface area is 198 Å². The first kappa shape index (κ1) is 21.6. The van der Waals surface area contributed by atoms with E-state index in [1.54, 1.807) is 24.5 Å². The van der Waals surface area contributed by atoms with Crippen LogP contribution in [0.25, 0.3) is 16.5 Å². The average molecular weight is 449 g/mol. The number of aromatic nitrogens is 1. The standard InChI is InChI=1S/C29H24N2O3/c1-18-12-13-19(2)22(15-18)17-31-26(21-9-6-14-30-16-21)25(28(33)29(31)34)27(32)24-11-5-8-20-7-3-4-10-23(20)24/h3-16,26,32H,17H2,1-2H3/b27-25-. The van der Waals surface area contributed by atoms with Crippen molar-refractivity contribution in [2.75, 3.05) is 0 Å². The van der Waals surface area contributed by atoms with Crippen molar-refractivity contribution < 1.29 is 14.7 Å². The monoisotopic (exact) mass is 448 g/mol. The van der Waals surface area contributed by atoms with E-state index in [4.69, 9.17) is 0 Å². The fourth-order valence-electron chi connectivity index (χ4n) is 4.66. The Balaban J connectivity index is 1.70. The van der Waals surface area contributed by atoms with Gasteiger partial charge in [-0.25, -0.2) is 0 Å². The van der Waals surface area contributed by atoms with E-state index < -0.39 is 17.7 Å². The Morgan fingerprint density at radius 2 is 1.76 bits per heavy atom. The van der Waals surface area contributed by atoms with Crippen LogP contribution in [0.1, 0.15) is 33.9 Å². The first-order chi connectivity index (χ1) is 16.5. The number of carbonyl (C=O) groups excluding carboxylic acids is 2. The summed E-state index contributed by atoms with van der Waals surface area (Å²) >= 11 is 0. The molecule has 2 heterocycles. The van der Waals surface area contributed by atoms with Gasteiger partial charge in [0.25, 0.3) is 11.7 Å². The van der Waals surface area contributed by atoms with Crippen molar-refractivity contribution in [2.45, 2.75) is 26.4 Å². The summed E-state index contributed by atoms with van der Waals surface area (Å²) < 4.78 is 0. The van der Waals surface area contributed by atoms with Crippen LogP contribution in [0.2, 0.25) is 0 Å². The lowest BCUT2D eigenvalue weighted by Crippen LogP contribution is -2.29. The molecule has 168 valence electrons. The SMILES string of the molecule is Cc1ccc(C)c(CN2C(=O)C(=O)/C(=C(\O)c3cccc4ccccc34)C2c2cccnc2)c1. The van der Waals surface area contributed by atoms with E-state index in [2.05, 4.69) is 4.98 Å². The van der Waals surface area contributed by atoms with Crippen molar-refractivity contribution in [3.8, 4) is 0 Å². The predicted molar refractivity (Wildman–Crippen MR) is 132 cm³/mol. The third-order valence-electron chi connectivity index (χ3n) is 6.43. The fraction of sp³-hybridized carbons (Fsp3) is 0.138. The third-order valence-corrected chi connectivity index (χ3v) is 6.43. The van der Waals surface area contributed by atoms with Gasteiger partial charge in [-0.1, -0.05) is 72.3 Å². The van der Waals surface area contributed by atoms with E-state index in [-0.39, 0.29) is 17.9 Å². The number of aryl methyl sites for hydroxylation is 2. The van der Waals surface area contributed by atoms with Crippen LogP contribution in [0.15, 0.2) is 90.8 Å². The van der Waals surface area contributed by atoms with Gasteiger partial charge in [0.15, 0.2) is 0 Å². The summed E-state index contributed by atoms with van der Waals surface area (Å²) in [6.07, 6.45) is 3.29. The smallest absolute Gasteiger partial charge is 0.295 e. The summed E-state index contributed by atoms with van der Waals surface area (Å²) in [6, 6.07) is 22.1. The summed E-state index contributed by atoms with van der Waals surface area (Å²) in [5, 5.41) is 13.2. The Morgan fingerprint density at radius 3 is 2.56 bits per heavy atom. The summed E-state index contributed by atoms with van der Waals surface area (Å²) in [7, 11) is 0. The maximum Gasteiger partial charge on any atom is 0.295 e. The number of nitrogens with zero attached hydrogens (tertiary/aromatic N) is 2. The van der Waals surface area contributed by atoms with E-state index in [9.17, 15) is 14.7 Å². The minimum absolute atomic E-state index is 0.0830. The van der Waals surface area contributed by atoms with Gasteiger partial charge in [0.05, 0.1) is 11.6 Å². The zero-order chi connectivity index (χ0) is 23.8. The van der Waals surface area contributed by atoms with Crippen LogP contribution >= 0.6 is 0 Å². The van der Waals surface area contributed by atoms with Gasteiger partial charge in [0.1, 0.15) is 5.76 Å². The lowest BCUT2D eigenvalue weighted by atomic mass is 9.94. The van der Waals surface area contributed by atoms with Crippen molar-refractivity contribution >= 4 is 28.2 Å². The molecule has 4 aromatic rings. The normalized spacial score (nSPS) is 17.5. The number of benzene rings is 3. The Morgan fingerprint density at radius 1 is 0.971 bits per heavy atom. The summed E-state index contributed by atoms with van der Waals surface area (Å²) in [5.74, 6) is -1.49. The average Bonchev–Trinajstić information content (AvgIpc) is 3.11. The topological polar surface area (TPSA) is 70.5 Å². The second-order valence-electron chi connectivity index (χ2n) is 8.67. The van der Waals surface area contributed by atoms with Gasteiger partial charge in [-0.3, -0.25) is 14.6 Å². The summed E-state index contributed by atoms with van der Waals surface area (Å²) in [5.41, 5.74) is 4.35. The van der Waals surface area contributed by atoms with Gasteiger partial charge < -0.3 is 10.0 Å². The van der Waals surface area contributed by atoms with Crippen LogP contribution in [0, 0.1) is 13.8 Å². The molecule has 1 aromatic heterocycles. The van der Waals surface area contributed by atoms with Gasteiger partial charge in [-0.05, 0) is 47.4 Å². The van der Waals surface area contributed by atoms with Crippen molar-refractivity contribution in [1.29, 1.82) is 0 Å². The molecule has 1 amide bonds. The van der Waals surface area contributed by atoms with E-state index >= 15 is 0 Å². The summed E-state index contributed by atoms with van der Waals surface area (Å²) in [6.45, 7) is 4.24. The number of carbonyl (C=O) groups is 2. The van der Waals surface area contributed by atoms with Crippen LogP contribution < -0.4 is 0 Å². The molecule has 3 aromatic carbocycles. The first-order valence-electron chi connectivity index (χ1n) is 11.2. The Hall–Kier alpha value is -4.25. The molecule has 5 rings (SSSR count). The number of hydrogen-bond acceptors (Lipinski definition) is 4. The molecule has 5 heteroatoms. The van der Waals surface area contributed by atoms with Gasteiger partial charge in [0.2, 0.25) is 0 Å². The number of hydrogen-bond donors (Lipinski definition) is 1. The molecular weight excluding hydrogens is 424 g/mol. The number of fused-ring (bicyclic) bond motifs is 1. The molecule has 1 fully saturated rings. The van der Waals surface area contributed by atoms with Crippen LogP contribution in [0.4, 0.5) is 0 Å². The maximum absolute atomic E-state index is 13.4. The maximum atomic E-state index is 13.4. The summed E-state index contributed by atoms with van der Waals surface area (Å²) in [4.78, 5) is 32.4. The highest BCUT2D eigenvalue weighted by Gasteiger charge is 2.46. The second-order valence-corrected chi connectivity index (χ2v) is 8.67. The zero-order valence-corrected chi connectivity index (χ0v) is 19.0.